The normalized spacial score (nSPS) is 12.1. The van der Waals surface area contributed by atoms with Crippen molar-refractivity contribution in [3.05, 3.63) is 29.8 Å². The van der Waals surface area contributed by atoms with E-state index in [4.69, 9.17) is 10.8 Å². The number of nitrogens with two attached hydrogens (primary N) is 1. The van der Waals surface area contributed by atoms with E-state index >= 15 is 0 Å². The van der Waals surface area contributed by atoms with Crippen molar-refractivity contribution in [3.8, 4) is 0 Å². The quantitative estimate of drug-likeness (QED) is 0.659. The fourth-order valence-electron chi connectivity index (χ4n) is 1.43. The van der Waals surface area contributed by atoms with Gasteiger partial charge in [0, 0.05) is 12.2 Å². The highest BCUT2D eigenvalue weighted by Crippen LogP contribution is 2.15. The van der Waals surface area contributed by atoms with Crippen LogP contribution >= 0.6 is 0 Å². The summed E-state index contributed by atoms with van der Waals surface area (Å²) < 4.78 is 0. The van der Waals surface area contributed by atoms with Gasteiger partial charge in [-0.1, -0.05) is 25.1 Å². The molecule has 0 spiro atoms. The van der Waals surface area contributed by atoms with Gasteiger partial charge in [0.05, 0.1) is 0 Å². The molecule has 4 nitrogen and oxygen atoms in total. The molecule has 0 bridgehead atoms. The number of amides is 1. The molecule has 0 saturated heterocycles. The van der Waals surface area contributed by atoms with Crippen LogP contribution in [0.2, 0.25) is 0 Å². The molecule has 0 aliphatic carbocycles. The Kier molecular flexibility index (Phi) is 3.97. The van der Waals surface area contributed by atoms with Crippen molar-refractivity contribution in [2.75, 3.05) is 12.3 Å². The summed E-state index contributed by atoms with van der Waals surface area (Å²) in [5.74, 6) is 0.241. The third-order valence-electron chi connectivity index (χ3n) is 2.23. The highest BCUT2D eigenvalue weighted by Gasteiger charge is 2.06. The number of nitrogens with one attached hydrogen (secondary N) is 1. The average molecular weight is 208 g/mol. The van der Waals surface area contributed by atoms with Crippen molar-refractivity contribution in [2.24, 2.45) is 5.92 Å². The molecular weight excluding hydrogens is 192 g/mol. The summed E-state index contributed by atoms with van der Waals surface area (Å²) in [5, 5.41) is 10.8. The van der Waals surface area contributed by atoms with Crippen LogP contribution in [0.3, 0.4) is 0 Å². The van der Waals surface area contributed by atoms with Gasteiger partial charge in [-0.2, -0.15) is 0 Å². The van der Waals surface area contributed by atoms with E-state index in [1.807, 2.05) is 31.2 Å². The van der Waals surface area contributed by atoms with Crippen molar-refractivity contribution < 1.29 is 9.90 Å². The molecule has 0 radical (unpaired) electrons. The molecule has 4 heteroatoms. The van der Waals surface area contributed by atoms with Crippen LogP contribution in [-0.2, 0) is 6.42 Å². The maximum absolute atomic E-state index is 10.3. The van der Waals surface area contributed by atoms with Gasteiger partial charge in [-0.3, -0.25) is 0 Å². The van der Waals surface area contributed by atoms with Crippen LogP contribution in [0.4, 0.5) is 10.5 Å². The van der Waals surface area contributed by atoms with Crippen LogP contribution < -0.4 is 11.1 Å². The Balaban J connectivity index is 2.47. The first-order chi connectivity index (χ1) is 7.09. The van der Waals surface area contributed by atoms with Gasteiger partial charge in [0.15, 0.2) is 0 Å². The minimum Gasteiger partial charge on any atom is -0.465 e. The number of carboxylic acid groups (broad SMARTS) is 1. The highest BCUT2D eigenvalue weighted by atomic mass is 16.4. The van der Waals surface area contributed by atoms with E-state index in [2.05, 4.69) is 5.32 Å². The third kappa shape index (κ3) is 3.89. The number of hydrogen-bond donors (Lipinski definition) is 3. The van der Waals surface area contributed by atoms with Gasteiger partial charge in [0.25, 0.3) is 0 Å². The van der Waals surface area contributed by atoms with Crippen LogP contribution in [0.25, 0.3) is 0 Å². The van der Waals surface area contributed by atoms with Crippen LogP contribution in [0.1, 0.15) is 12.5 Å². The SMILES string of the molecule is CC(CNC(=O)O)Cc1ccccc1N. The topological polar surface area (TPSA) is 75.3 Å². The van der Waals surface area contributed by atoms with Crippen LogP contribution in [0.5, 0.6) is 0 Å². The average Bonchev–Trinajstić information content (AvgIpc) is 2.18. The molecule has 0 fully saturated rings. The van der Waals surface area contributed by atoms with Crippen molar-refractivity contribution in [1.29, 1.82) is 0 Å². The van der Waals surface area contributed by atoms with Gasteiger partial charge in [0.1, 0.15) is 0 Å². The lowest BCUT2D eigenvalue weighted by molar-refractivity contribution is 0.192. The Labute approximate surface area is 89.1 Å². The first-order valence-electron chi connectivity index (χ1n) is 4.89. The molecular formula is C11H16N2O2. The molecule has 0 aliphatic rings. The number of nitrogen functional groups attached to an aromatic ring is 1. The van der Waals surface area contributed by atoms with Gasteiger partial charge in [-0.15, -0.1) is 0 Å². The molecule has 1 aromatic carbocycles. The lowest BCUT2D eigenvalue weighted by Crippen LogP contribution is -2.27. The van der Waals surface area contributed by atoms with E-state index < -0.39 is 6.09 Å². The zero-order valence-corrected chi connectivity index (χ0v) is 8.73. The van der Waals surface area contributed by atoms with Gasteiger partial charge in [-0.25, -0.2) is 4.79 Å². The maximum atomic E-state index is 10.3. The summed E-state index contributed by atoms with van der Waals surface area (Å²) in [7, 11) is 0. The molecule has 1 unspecified atom stereocenters. The largest absolute Gasteiger partial charge is 0.465 e. The zero-order valence-electron chi connectivity index (χ0n) is 8.73. The van der Waals surface area contributed by atoms with Gasteiger partial charge >= 0.3 is 6.09 Å². The Morgan fingerprint density at radius 2 is 2.20 bits per heavy atom. The van der Waals surface area contributed by atoms with Gasteiger partial charge < -0.3 is 16.2 Å². The molecule has 1 amide bonds. The van der Waals surface area contributed by atoms with E-state index in [-0.39, 0.29) is 5.92 Å². The van der Waals surface area contributed by atoms with Gasteiger partial charge in [0.2, 0.25) is 0 Å². The second-order valence-electron chi connectivity index (χ2n) is 3.69. The number of rotatable bonds is 4. The molecule has 1 atom stereocenters. The number of para-hydroxylation sites is 1. The zero-order chi connectivity index (χ0) is 11.3. The maximum Gasteiger partial charge on any atom is 0.404 e. The molecule has 15 heavy (non-hydrogen) atoms. The number of carbonyl (C=O) groups is 1. The van der Waals surface area contributed by atoms with E-state index in [1.165, 1.54) is 0 Å². The van der Waals surface area contributed by atoms with Crippen molar-refractivity contribution in [3.63, 3.8) is 0 Å². The Hall–Kier alpha value is -1.71. The fraction of sp³-hybridized carbons (Fsp3) is 0.364. The Bertz CT molecular complexity index is 339. The molecule has 1 aromatic rings. The summed E-state index contributed by atoms with van der Waals surface area (Å²) >= 11 is 0. The predicted octanol–water partition coefficient (Wildman–Crippen LogP) is 1.72. The first-order valence-corrected chi connectivity index (χ1v) is 4.89. The lowest BCUT2D eigenvalue weighted by atomic mass is 10.00. The summed E-state index contributed by atoms with van der Waals surface area (Å²) in [6.07, 6.45) is -0.199. The summed E-state index contributed by atoms with van der Waals surface area (Å²) in [6, 6.07) is 7.64. The Morgan fingerprint density at radius 1 is 1.53 bits per heavy atom. The lowest BCUT2D eigenvalue weighted by Gasteiger charge is -2.12. The van der Waals surface area contributed by atoms with Crippen molar-refractivity contribution >= 4 is 11.8 Å². The minimum absolute atomic E-state index is 0.241. The first kappa shape index (κ1) is 11.4. The standard InChI is InChI=1S/C11H16N2O2/c1-8(7-13-11(14)15)6-9-4-2-3-5-10(9)12/h2-5,8,13H,6-7,12H2,1H3,(H,14,15). The van der Waals surface area contributed by atoms with Crippen LogP contribution in [0.15, 0.2) is 24.3 Å². The third-order valence-corrected chi connectivity index (χ3v) is 2.23. The van der Waals surface area contributed by atoms with Crippen molar-refractivity contribution in [1.82, 2.24) is 5.32 Å². The second-order valence-corrected chi connectivity index (χ2v) is 3.69. The summed E-state index contributed by atoms with van der Waals surface area (Å²) in [4.78, 5) is 10.3. The van der Waals surface area contributed by atoms with Gasteiger partial charge in [-0.05, 0) is 24.0 Å². The summed E-state index contributed by atoms with van der Waals surface area (Å²) in [6.45, 7) is 2.44. The van der Waals surface area contributed by atoms with E-state index in [9.17, 15) is 4.79 Å². The number of benzene rings is 1. The molecule has 0 saturated carbocycles. The predicted molar refractivity (Wildman–Crippen MR) is 59.7 cm³/mol. The smallest absolute Gasteiger partial charge is 0.404 e. The monoisotopic (exact) mass is 208 g/mol. The summed E-state index contributed by atoms with van der Waals surface area (Å²) in [5.41, 5.74) is 7.62. The second kappa shape index (κ2) is 5.24. The van der Waals surface area contributed by atoms with E-state index in [0.717, 1.165) is 17.7 Å². The van der Waals surface area contributed by atoms with Crippen molar-refractivity contribution in [2.45, 2.75) is 13.3 Å². The van der Waals surface area contributed by atoms with E-state index in [1.54, 1.807) is 0 Å². The minimum atomic E-state index is -0.983. The fourth-order valence-corrected chi connectivity index (χ4v) is 1.43. The van der Waals surface area contributed by atoms with Crippen LogP contribution in [0, 0.1) is 5.92 Å². The van der Waals surface area contributed by atoms with E-state index in [0.29, 0.717) is 6.54 Å². The molecule has 0 aliphatic heterocycles. The number of hydrogen-bond acceptors (Lipinski definition) is 2. The molecule has 4 N–H and O–H groups in total. The van der Waals surface area contributed by atoms with Crippen LogP contribution in [-0.4, -0.2) is 17.7 Å². The molecule has 0 aromatic heterocycles. The molecule has 1 rings (SSSR count). The molecule has 82 valence electrons. The Morgan fingerprint density at radius 3 is 2.80 bits per heavy atom. The number of anilines is 1. The highest BCUT2D eigenvalue weighted by molar-refractivity contribution is 5.64. The molecule has 0 heterocycles.